The Morgan fingerprint density at radius 3 is 2.40 bits per heavy atom. The van der Waals surface area contributed by atoms with E-state index in [1.807, 2.05) is 16.9 Å². The van der Waals surface area contributed by atoms with E-state index in [9.17, 15) is 4.79 Å². The second kappa shape index (κ2) is 6.42. The molecule has 2 saturated carbocycles. The molecule has 0 spiro atoms. The number of aromatic nitrogens is 2. The van der Waals surface area contributed by atoms with Crippen LogP contribution in [0.15, 0.2) is 12.3 Å². The Bertz CT molecular complexity index is 442. The molecule has 3 rings (SSSR count). The van der Waals surface area contributed by atoms with Gasteiger partial charge in [0, 0.05) is 12.0 Å². The van der Waals surface area contributed by atoms with Crippen LogP contribution in [0, 0.1) is 5.92 Å². The average Bonchev–Trinajstić information content (AvgIpc) is 2.97. The third kappa shape index (κ3) is 3.05. The number of carbonyl (C=O) groups is 1. The fourth-order valence-corrected chi connectivity index (χ4v) is 3.62. The van der Waals surface area contributed by atoms with Gasteiger partial charge in [0.15, 0.2) is 0 Å². The first-order chi connectivity index (χ1) is 9.84. The molecule has 0 atom stereocenters. The van der Waals surface area contributed by atoms with Crippen LogP contribution < -0.4 is 5.32 Å². The number of carbonyl (C=O) groups excluding carboxylic acids is 1. The molecule has 110 valence electrons. The molecule has 1 aromatic heterocycles. The van der Waals surface area contributed by atoms with E-state index in [4.69, 9.17) is 0 Å². The summed E-state index contributed by atoms with van der Waals surface area (Å²) in [5.41, 5.74) is 0. The lowest BCUT2D eigenvalue weighted by Gasteiger charge is -2.25. The lowest BCUT2D eigenvalue weighted by Crippen LogP contribution is -2.27. The van der Waals surface area contributed by atoms with Crippen LogP contribution in [0.2, 0.25) is 0 Å². The van der Waals surface area contributed by atoms with Gasteiger partial charge in [-0.2, -0.15) is 5.10 Å². The zero-order valence-corrected chi connectivity index (χ0v) is 12.2. The standard InChI is InChI=1S/C16H25N3O/c20-16(13-7-3-1-4-8-13)18-15-11-12-17-19(15)14-9-5-2-6-10-14/h11-14H,1-10H2,(H,18,20). The highest BCUT2D eigenvalue weighted by Crippen LogP contribution is 2.30. The molecule has 0 radical (unpaired) electrons. The van der Waals surface area contributed by atoms with Crippen molar-refractivity contribution in [3.63, 3.8) is 0 Å². The Balaban J connectivity index is 1.65. The van der Waals surface area contributed by atoms with Crippen molar-refractivity contribution < 1.29 is 4.79 Å². The van der Waals surface area contributed by atoms with Crippen molar-refractivity contribution in [2.75, 3.05) is 5.32 Å². The van der Waals surface area contributed by atoms with E-state index in [0.29, 0.717) is 6.04 Å². The summed E-state index contributed by atoms with van der Waals surface area (Å²) < 4.78 is 2.04. The Morgan fingerprint density at radius 2 is 1.70 bits per heavy atom. The summed E-state index contributed by atoms with van der Waals surface area (Å²) in [4.78, 5) is 12.3. The quantitative estimate of drug-likeness (QED) is 0.909. The molecule has 0 aliphatic heterocycles. The molecule has 20 heavy (non-hydrogen) atoms. The molecule has 0 bridgehead atoms. The highest BCUT2D eigenvalue weighted by Gasteiger charge is 2.23. The van der Waals surface area contributed by atoms with Crippen LogP contribution in [-0.2, 0) is 4.79 Å². The second-order valence-corrected chi connectivity index (χ2v) is 6.28. The van der Waals surface area contributed by atoms with Crippen molar-refractivity contribution in [1.29, 1.82) is 0 Å². The maximum Gasteiger partial charge on any atom is 0.228 e. The minimum atomic E-state index is 0.197. The van der Waals surface area contributed by atoms with E-state index in [1.165, 1.54) is 51.4 Å². The summed E-state index contributed by atoms with van der Waals surface area (Å²) in [5.74, 6) is 1.30. The van der Waals surface area contributed by atoms with Gasteiger partial charge in [-0.3, -0.25) is 4.79 Å². The maximum absolute atomic E-state index is 12.3. The van der Waals surface area contributed by atoms with Gasteiger partial charge in [0.05, 0.1) is 12.2 Å². The molecule has 0 saturated heterocycles. The highest BCUT2D eigenvalue weighted by molar-refractivity contribution is 5.91. The van der Waals surface area contributed by atoms with E-state index in [-0.39, 0.29) is 11.8 Å². The predicted octanol–water partition coefficient (Wildman–Crippen LogP) is 3.91. The molecule has 2 fully saturated rings. The minimum Gasteiger partial charge on any atom is -0.311 e. The first-order valence-electron chi connectivity index (χ1n) is 8.19. The van der Waals surface area contributed by atoms with Gasteiger partial charge in [-0.05, 0) is 25.7 Å². The number of nitrogens with one attached hydrogen (secondary N) is 1. The Labute approximate surface area is 120 Å². The lowest BCUT2D eigenvalue weighted by atomic mass is 9.89. The van der Waals surface area contributed by atoms with Gasteiger partial charge in [-0.1, -0.05) is 38.5 Å². The molecule has 4 nitrogen and oxygen atoms in total. The summed E-state index contributed by atoms with van der Waals surface area (Å²) in [6, 6.07) is 2.41. The van der Waals surface area contributed by atoms with E-state index < -0.39 is 0 Å². The molecule has 2 aliphatic carbocycles. The van der Waals surface area contributed by atoms with Crippen molar-refractivity contribution in [2.45, 2.75) is 70.3 Å². The van der Waals surface area contributed by atoms with Gasteiger partial charge in [0.2, 0.25) is 5.91 Å². The van der Waals surface area contributed by atoms with E-state index in [2.05, 4.69) is 10.4 Å². The number of nitrogens with zero attached hydrogens (tertiary/aromatic N) is 2. The monoisotopic (exact) mass is 275 g/mol. The van der Waals surface area contributed by atoms with Gasteiger partial charge in [0.25, 0.3) is 0 Å². The first-order valence-corrected chi connectivity index (χ1v) is 8.19. The van der Waals surface area contributed by atoms with Crippen LogP contribution in [0.4, 0.5) is 5.82 Å². The number of hydrogen-bond donors (Lipinski definition) is 1. The number of rotatable bonds is 3. The van der Waals surface area contributed by atoms with Crippen molar-refractivity contribution >= 4 is 11.7 Å². The van der Waals surface area contributed by atoms with E-state index >= 15 is 0 Å². The van der Waals surface area contributed by atoms with Crippen LogP contribution in [0.5, 0.6) is 0 Å². The second-order valence-electron chi connectivity index (χ2n) is 6.28. The van der Waals surface area contributed by atoms with Gasteiger partial charge in [-0.25, -0.2) is 4.68 Å². The summed E-state index contributed by atoms with van der Waals surface area (Å²) in [6.45, 7) is 0. The van der Waals surface area contributed by atoms with Crippen LogP contribution in [0.1, 0.15) is 70.3 Å². The van der Waals surface area contributed by atoms with Gasteiger partial charge >= 0.3 is 0 Å². The fourth-order valence-electron chi connectivity index (χ4n) is 3.62. The normalized spacial score (nSPS) is 21.8. The summed E-state index contributed by atoms with van der Waals surface area (Å²) in [7, 11) is 0. The van der Waals surface area contributed by atoms with Crippen molar-refractivity contribution in [3.05, 3.63) is 12.3 Å². The SMILES string of the molecule is O=C(Nc1ccnn1C1CCCCC1)C1CCCCC1. The Morgan fingerprint density at radius 1 is 1.05 bits per heavy atom. The molecule has 1 amide bonds. The van der Waals surface area contributed by atoms with Gasteiger partial charge in [-0.15, -0.1) is 0 Å². The Kier molecular flexibility index (Phi) is 4.38. The highest BCUT2D eigenvalue weighted by atomic mass is 16.2. The molecular weight excluding hydrogens is 250 g/mol. The maximum atomic E-state index is 12.3. The van der Waals surface area contributed by atoms with E-state index in [0.717, 1.165) is 18.7 Å². The van der Waals surface area contributed by atoms with Crippen LogP contribution in [-0.4, -0.2) is 15.7 Å². The van der Waals surface area contributed by atoms with Crippen molar-refractivity contribution in [2.24, 2.45) is 5.92 Å². The van der Waals surface area contributed by atoms with Gasteiger partial charge < -0.3 is 5.32 Å². The molecule has 4 heteroatoms. The van der Waals surface area contributed by atoms with Crippen molar-refractivity contribution in [3.8, 4) is 0 Å². The first kappa shape index (κ1) is 13.7. The lowest BCUT2D eigenvalue weighted by molar-refractivity contribution is -0.120. The van der Waals surface area contributed by atoms with Crippen LogP contribution in [0.3, 0.4) is 0 Å². The summed E-state index contributed by atoms with van der Waals surface area (Å²) in [6.07, 6.45) is 13.8. The van der Waals surface area contributed by atoms with Crippen LogP contribution >= 0.6 is 0 Å². The molecule has 0 unspecified atom stereocenters. The summed E-state index contributed by atoms with van der Waals surface area (Å²) in [5, 5.41) is 7.56. The zero-order chi connectivity index (χ0) is 13.8. The summed E-state index contributed by atoms with van der Waals surface area (Å²) >= 11 is 0. The topological polar surface area (TPSA) is 46.9 Å². The smallest absolute Gasteiger partial charge is 0.228 e. The molecule has 0 aromatic carbocycles. The number of hydrogen-bond acceptors (Lipinski definition) is 2. The fraction of sp³-hybridized carbons (Fsp3) is 0.750. The van der Waals surface area contributed by atoms with Gasteiger partial charge in [0.1, 0.15) is 5.82 Å². The third-order valence-corrected chi connectivity index (χ3v) is 4.82. The van der Waals surface area contributed by atoms with Crippen molar-refractivity contribution in [1.82, 2.24) is 9.78 Å². The molecule has 1 heterocycles. The molecule has 1 aromatic rings. The Hall–Kier alpha value is -1.32. The average molecular weight is 275 g/mol. The third-order valence-electron chi connectivity index (χ3n) is 4.82. The number of anilines is 1. The number of amides is 1. The van der Waals surface area contributed by atoms with Crippen LogP contribution in [0.25, 0.3) is 0 Å². The molecule has 1 N–H and O–H groups in total. The predicted molar refractivity (Wildman–Crippen MR) is 79.6 cm³/mol. The molecular formula is C16H25N3O. The minimum absolute atomic E-state index is 0.197. The molecule has 2 aliphatic rings. The van der Waals surface area contributed by atoms with E-state index in [1.54, 1.807) is 0 Å². The largest absolute Gasteiger partial charge is 0.311 e. The zero-order valence-electron chi connectivity index (χ0n) is 12.2.